The Hall–Kier alpha value is -0.0662. The molecule has 0 radical (unpaired) electrons. The molecule has 0 saturated carbocycles. The van der Waals surface area contributed by atoms with Crippen molar-refractivity contribution < 1.29 is 26.6 Å². The van der Waals surface area contributed by atoms with E-state index >= 15 is 0 Å². The van der Waals surface area contributed by atoms with Crippen LogP contribution in [0.15, 0.2) is 12.3 Å². The van der Waals surface area contributed by atoms with Gasteiger partial charge < -0.3 is 26.6 Å². The Labute approximate surface area is 139 Å². The lowest BCUT2D eigenvalue weighted by Crippen LogP contribution is -2.44. The summed E-state index contributed by atoms with van der Waals surface area (Å²) in [7, 11) is -4.24. The Morgan fingerprint density at radius 1 is 0.682 bits per heavy atom. The summed E-state index contributed by atoms with van der Waals surface area (Å²) in [5, 5.41) is 0. The predicted octanol–water partition coefficient (Wildman–Crippen LogP) is 2.57. The molecule has 0 bridgehead atoms. The second kappa shape index (κ2) is 17.3. The van der Waals surface area contributed by atoms with Crippen LogP contribution < -0.4 is 0 Å². The summed E-state index contributed by atoms with van der Waals surface area (Å²) in [6.45, 7) is 19.1. The Morgan fingerprint density at radius 2 is 1.00 bits per heavy atom. The number of rotatable bonds is 13. The third-order valence-corrected chi connectivity index (χ3v) is 6.58. The molecule has 0 aromatic heterocycles. The normalized spacial score (nSPS) is 11.2. The van der Waals surface area contributed by atoms with Gasteiger partial charge in [-0.25, -0.2) is 0 Å². The average Bonchev–Trinajstić information content (AvgIpc) is 2.49. The van der Waals surface area contributed by atoms with Crippen molar-refractivity contribution in [2.45, 2.75) is 41.5 Å². The molecule has 0 fully saturated rings. The highest BCUT2D eigenvalue weighted by molar-refractivity contribution is 6.66. The summed E-state index contributed by atoms with van der Waals surface area (Å²) < 4.78 is 32.0. The van der Waals surface area contributed by atoms with Gasteiger partial charge in [-0.05, 0) is 47.2 Å². The van der Waals surface area contributed by atoms with E-state index in [1.165, 1.54) is 0 Å². The van der Waals surface area contributed by atoms with E-state index in [2.05, 4.69) is 6.58 Å². The Bertz CT molecular complexity index is 212. The highest BCUT2D eigenvalue weighted by atomic mass is 28.4. The van der Waals surface area contributed by atoms with Gasteiger partial charge in [-0.2, -0.15) is 0 Å². The molecule has 0 rings (SSSR count). The highest BCUT2D eigenvalue weighted by Crippen LogP contribution is 2.10. The van der Waals surface area contributed by atoms with Crippen LogP contribution in [0.2, 0.25) is 0 Å². The zero-order valence-electron chi connectivity index (χ0n) is 15.1. The van der Waals surface area contributed by atoms with Crippen molar-refractivity contribution in [3.63, 3.8) is 0 Å². The van der Waals surface area contributed by atoms with E-state index in [4.69, 9.17) is 26.6 Å². The zero-order chi connectivity index (χ0) is 17.3. The van der Waals surface area contributed by atoms with E-state index in [9.17, 15) is 0 Å². The fourth-order valence-electron chi connectivity index (χ4n) is 1.46. The molecule has 0 N–H and O–H groups in total. The van der Waals surface area contributed by atoms with Crippen LogP contribution in [0.1, 0.15) is 41.5 Å². The van der Waals surface area contributed by atoms with Crippen LogP contribution in [-0.2, 0) is 26.6 Å². The van der Waals surface area contributed by atoms with E-state index in [1.54, 1.807) is 5.70 Å². The van der Waals surface area contributed by atoms with Crippen molar-refractivity contribution >= 4 is 18.3 Å². The van der Waals surface area contributed by atoms with Crippen LogP contribution in [0, 0.1) is 0 Å². The maximum Gasteiger partial charge on any atom is 0.528 e. The van der Waals surface area contributed by atoms with Crippen LogP contribution in [-0.4, -0.2) is 58.0 Å². The Kier molecular flexibility index (Phi) is 19.0. The molecule has 0 atom stereocenters. The van der Waals surface area contributed by atoms with Gasteiger partial charge in [0.1, 0.15) is 0 Å². The molecule has 0 heterocycles. The molecule has 134 valence electrons. The van der Waals surface area contributed by atoms with Gasteiger partial charge in [0.15, 0.2) is 0 Å². The fraction of sp³-hybridized carbons (Fsp3) is 0.857. The number of hydrogen-bond acceptors (Lipinski definition) is 6. The van der Waals surface area contributed by atoms with Crippen LogP contribution >= 0.6 is 0 Å². The van der Waals surface area contributed by atoms with Gasteiger partial charge in [0.25, 0.3) is 0 Å². The fourth-order valence-corrected chi connectivity index (χ4v) is 4.37. The molecular formula is C14H34O6Si2. The van der Waals surface area contributed by atoms with Crippen molar-refractivity contribution in [1.29, 1.82) is 0 Å². The van der Waals surface area contributed by atoms with Crippen molar-refractivity contribution in [3.8, 4) is 0 Å². The van der Waals surface area contributed by atoms with Gasteiger partial charge in [0.05, 0.1) is 0 Å². The summed E-state index contributed by atoms with van der Waals surface area (Å²) in [6.07, 6.45) is 0. The molecule has 0 spiro atoms. The SMILES string of the molecule is C=C[Si](OCC)(OCC)OCC.CCO[SiH](OCC)OCC. The zero-order valence-corrected chi connectivity index (χ0v) is 17.2. The predicted molar refractivity (Wildman–Crippen MR) is 92.9 cm³/mol. The first-order valence-corrected chi connectivity index (χ1v) is 11.2. The minimum Gasteiger partial charge on any atom is -0.376 e. The molecular weight excluding hydrogens is 320 g/mol. The minimum absolute atomic E-state index is 0.595. The van der Waals surface area contributed by atoms with Crippen LogP contribution in [0.3, 0.4) is 0 Å². The van der Waals surface area contributed by atoms with Crippen molar-refractivity contribution in [2.24, 2.45) is 0 Å². The lowest BCUT2D eigenvalue weighted by molar-refractivity contribution is 0.0843. The molecule has 0 saturated heterocycles. The van der Waals surface area contributed by atoms with Gasteiger partial charge in [-0.1, -0.05) is 6.58 Å². The molecule has 0 aromatic rings. The molecule has 6 nitrogen and oxygen atoms in total. The molecule has 0 aliphatic carbocycles. The van der Waals surface area contributed by atoms with Gasteiger partial charge in [0, 0.05) is 39.6 Å². The van der Waals surface area contributed by atoms with Crippen LogP contribution in [0.5, 0.6) is 0 Å². The summed E-state index contributed by atoms with van der Waals surface area (Å²) in [6, 6.07) is 0. The second-order valence-electron chi connectivity index (χ2n) is 3.76. The molecule has 0 aliphatic heterocycles. The molecule has 8 heteroatoms. The summed E-state index contributed by atoms with van der Waals surface area (Å²) >= 11 is 0. The Morgan fingerprint density at radius 3 is 1.18 bits per heavy atom. The quantitative estimate of drug-likeness (QED) is 0.474. The van der Waals surface area contributed by atoms with Crippen molar-refractivity contribution in [1.82, 2.24) is 0 Å². The molecule has 0 unspecified atom stereocenters. The number of hydrogen-bond donors (Lipinski definition) is 0. The van der Waals surface area contributed by atoms with Crippen molar-refractivity contribution in [2.75, 3.05) is 39.6 Å². The van der Waals surface area contributed by atoms with Gasteiger partial charge in [-0.15, -0.1) is 0 Å². The van der Waals surface area contributed by atoms with Gasteiger partial charge >= 0.3 is 18.3 Å². The second-order valence-corrected chi connectivity index (χ2v) is 7.82. The van der Waals surface area contributed by atoms with E-state index in [0.29, 0.717) is 39.6 Å². The van der Waals surface area contributed by atoms with Crippen LogP contribution in [0.4, 0.5) is 0 Å². The highest BCUT2D eigenvalue weighted by Gasteiger charge is 2.36. The van der Waals surface area contributed by atoms with E-state index < -0.39 is 18.3 Å². The molecule has 0 aromatic carbocycles. The largest absolute Gasteiger partial charge is 0.528 e. The Balaban J connectivity index is 0. The maximum absolute atomic E-state index is 5.44. The summed E-state index contributed by atoms with van der Waals surface area (Å²) in [5.74, 6) is 0. The lowest BCUT2D eigenvalue weighted by Gasteiger charge is -2.24. The first-order valence-electron chi connectivity index (χ1n) is 7.99. The monoisotopic (exact) mass is 354 g/mol. The van der Waals surface area contributed by atoms with Gasteiger partial charge in [0.2, 0.25) is 0 Å². The van der Waals surface area contributed by atoms with E-state index in [1.807, 2.05) is 41.5 Å². The lowest BCUT2D eigenvalue weighted by atomic mass is 10.9. The molecule has 0 aliphatic rings. The first kappa shape index (κ1) is 24.2. The van der Waals surface area contributed by atoms with Crippen LogP contribution in [0.25, 0.3) is 0 Å². The average molecular weight is 355 g/mol. The topological polar surface area (TPSA) is 55.4 Å². The molecule has 22 heavy (non-hydrogen) atoms. The van der Waals surface area contributed by atoms with Gasteiger partial charge in [-0.3, -0.25) is 0 Å². The third-order valence-electron chi connectivity index (χ3n) is 2.19. The molecule has 0 amide bonds. The minimum atomic E-state index is -2.51. The third kappa shape index (κ3) is 12.5. The summed E-state index contributed by atoms with van der Waals surface area (Å²) in [4.78, 5) is 0. The standard InChI is InChI=1S/C8H18O3Si.C6H16O3Si/c1-5-9-12(8-4,10-6-2)11-7-3;1-4-7-10(8-5-2)9-6-3/h8H,4-7H2,1-3H3;10H,4-6H2,1-3H3. The smallest absolute Gasteiger partial charge is 0.376 e. The first-order chi connectivity index (χ1) is 10.6. The maximum atomic E-state index is 5.44. The summed E-state index contributed by atoms with van der Waals surface area (Å²) in [5.41, 5.74) is 1.67. The van der Waals surface area contributed by atoms with E-state index in [-0.39, 0.29) is 0 Å². The van der Waals surface area contributed by atoms with E-state index in [0.717, 1.165) is 0 Å². The van der Waals surface area contributed by atoms with Crippen molar-refractivity contribution in [3.05, 3.63) is 12.3 Å².